The van der Waals surface area contributed by atoms with Crippen molar-refractivity contribution in [2.24, 2.45) is 0 Å². The Hall–Kier alpha value is -0.610. The molecule has 1 aliphatic heterocycles. The van der Waals surface area contributed by atoms with E-state index in [1.165, 1.54) is 6.07 Å². The van der Waals surface area contributed by atoms with Crippen LogP contribution in [0, 0.1) is 11.6 Å². The summed E-state index contributed by atoms with van der Waals surface area (Å²) in [5, 5.41) is 9.92. The maximum absolute atomic E-state index is 13.5. The van der Waals surface area contributed by atoms with Gasteiger partial charge in [0.25, 0.3) is 0 Å². The van der Waals surface area contributed by atoms with Crippen molar-refractivity contribution >= 4 is 11.8 Å². The van der Waals surface area contributed by atoms with Crippen LogP contribution in [0.2, 0.25) is 0 Å². The summed E-state index contributed by atoms with van der Waals surface area (Å²) in [4.78, 5) is 0. The molecule has 1 aromatic rings. The zero-order valence-corrected chi connectivity index (χ0v) is 9.15. The van der Waals surface area contributed by atoms with E-state index in [1.54, 1.807) is 11.8 Å². The molecule has 0 spiro atoms. The number of aliphatic hydroxyl groups excluding tert-OH is 1. The molecule has 82 valence electrons. The number of fused-ring (bicyclic) bond motifs is 1. The highest BCUT2D eigenvalue weighted by molar-refractivity contribution is 7.99. The van der Waals surface area contributed by atoms with Crippen molar-refractivity contribution in [3.8, 4) is 0 Å². The first-order chi connectivity index (χ1) is 7.13. The fraction of sp³-hybridized carbons (Fsp3) is 0.455. The van der Waals surface area contributed by atoms with Crippen molar-refractivity contribution < 1.29 is 13.9 Å². The van der Waals surface area contributed by atoms with Crippen LogP contribution in [-0.4, -0.2) is 10.4 Å². The Labute approximate surface area is 91.5 Å². The highest BCUT2D eigenvalue weighted by atomic mass is 32.2. The highest BCUT2D eigenvalue weighted by Gasteiger charge is 2.30. The third-order valence-corrected chi connectivity index (χ3v) is 4.18. The minimum absolute atomic E-state index is 0.0115. The molecule has 2 atom stereocenters. The van der Waals surface area contributed by atoms with E-state index in [0.29, 0.717) is 11.3 Å². The quantitative estimate of drug-likeness (QED) is 0.800. The molecule has 15 heavy (non-hydrogen) atoms. The molecule has 2 unspecified atom stereocenters. The molecular formula is C11H12F2OS. The third kappa shape index (κ3) is 1.88. The largest absolute Gasteiger partial charge is 0.387 e. The van der Waals surface area contributed by atoms with E-state index in [-0.39, 0.29) is 10.8 Å². The lowest BCUT2D eigenvalue weighted by atomic mass is 9.98. The number of rotatable bonds is 1. The molecule has 1 N–H and O–H groups in total. The SMILES string of the molecule is CCC1SCc2cc(F)cc(F)c2C1O. The van der Waals surface area contributed by atoms with Crippen LogP contribution < -0.4 is 0 Å². The number of benzene rings is 1. The molecule has 0 fully saturated rings. The summed E-state index contributed by atoms with van der Waals surface area (Å²) in [6, 6.07) is 2.14. The normalized spacial score (nSPS) is 25.1. The van der Waals surface area contributed by atoms with Crippen molar-refractivity contribution in [1.82, 2.24) is 0 Å². The monoisotopic (exact) mass is 230 g/mol. The van der Waals surface area contributed by atoms with Crippen molar-refractivity contribution in [3.05, 3.63) is 34.9 Å². The van der Waals surface area contributed by atoms with Gasteiger partial charge < -0.3 is 5.11 Å². The van der Waals surface area contributed by atoms with Crippen LogP contribution in [-0.2, 0) is 5.75 Å². The van der Waals surface area contributed by atoms with Crippen molar-refractivity contribution in [1.29, 1.82) is 0 Å². The van der Waals surface area contributed by atoms with Crippen molar-refractivity contribution in [2.45, 2.75) is 30.5 Å². The molecule has 0 bridgehead atoms. The van der Waals surface area contributed by atoms with Crippen molar-refractivity contribution in [3.63, 3.8) is 0 Å². The summed E-state index contributed by atoms with van der Waals surface area (Å²) in [5.41, 5.74) is 0.858. The lowest BCUT2D eigenvalue weighted by Crippen LogP contribution is -2.22. The van der Waals surface area contributed by atoms with E-state index >= 15 is 0 Å². The van der Waals surface area contributed by atoms with Crippen LogP contribution in [0.4, 0.5) is 8.78 Å². The summed E-state index contributed by atoms with van der Waals surface area (Å²) in [5.74, 6) is -0.634. The first-order valence-electron chi connectivity index (χ1n) is 4.91. The fourth-order valence-corrected chi connectivity index (χ4v) is 3.09. The fourth-order valence-electron chi connectivity index (χ4n) is 1.90. The van der Waals surface area contributed by atoms with Gasteiger partial charge in [0.05, 0.1) is 6.10 Å². The predicted molar refractivity (Wildman–Crippen MR) is 56.7 cm³/mol. The van der Waals surface area contributed by atoms with Gasteiger partial charge in [0, 0.05) is 22.6 Å². The summed E-state index contributed by atoms with van der Waals surface area (Å²) in [7, 11) is 0. The summed E-state index contributed by atoms with van der Waals surface area (Å²) in [6.45, 7) is 1.95. The van der Waals surface area contributed by atoms with Gasteiger partial charge in [0.1, 0.15) is 11.6 Å². The minimum Gasteiger partial charge on any atom is -0.387 e. The maximum atomic E-state index is 13.5. The Morgan fingerprint density at radius 3 is 2.87 bits per heavy atom. The van der Waals surface area contributed by atoms with Gasteiger partial charge in [-0.1, -0.05) is 6.92 Å². The number of aliphatic hydroxyl groups is 1. The van der Waals surface area contributed by atoms with Gasteiger partial charge in [-0.3, -0.25) is 0 Å². The molecule has 4 heteroatoms. The molecule has 0 amide bonds. The first kappa shape index (κ1) is 10.9. The van der Waals surface area contributed by atoms with Crippen LogP contribution in [0.1, 0.15) is 30.6 Å². The zero-order valence-electron chi connectivity index (χ0n) is 8.34. The molecule has 1 heterocycles. The lowest BCUT2D eigenvalue weighted by Gasteiger charge is -2.29. The molecule has 0 aliphatic carbocycles. The van der Waals surface area contributed by atoms with E-state index in [0.717, 1.165) is 12.5 Å². The van der Waals surface area contributed by atoms with Gasteiger partial charge in [-0.05, 0) is 18.1 Å². The summed E-state index contributed by atoms with van der Waals surface area (Å²) >= 11 is 1.55. The number of hydrogen-bond acceptors (Lipinski definition) is 2. The Balaban J connectivity index is 2.47. The Bertz CT molecular complexity index is 381. The van der Waals surface area contributed by atoms with Crippen LogP contribution in [0.5, 0.6) is 0 Å². The minimum atomic E-state index is -0.815. The molecule has 2 rings (SSSR count). The average Bonchev–Trinajstić information content (AvgIpc) is 2.17. The smallest absolute Gasteiger partial charge is 0.132 e. The molecule has 0 saturated heterocycles. The topological polar surface area (TPSA) is 20.2 Å². The third-order valence-electron chi connectivity index (χ3n) is 2.68. The summed E-state index contributed by atoms with van der Waals surface area (Å²) in [6.07, 6.45) is -0.0356. The molecular weight excluding hydrogens is 218 g/mol. The van der Waals surface area contributed by atoms with E-state index in [1.807, 2.05) is 6.92 Å². The van der Waals surface area contributed by atoms with Crippen LogP contribution in [0.3, 0.4) is 0 Å². The molecule has 1 nitrogen and oxygen atoms in total. The van der Waals surface area contributed by atoms with Crippen molar-refractivity contribution in [2.75, 3.05) is 0 Å². The lowest BCUT2D eigenvalue weighted by molar-refractivity contribution is 0.165. The van der Waals surface area contributed by atoms with Crippen LogP contribution in [0.15, 0.2) is 12.1 Å². The van der Waals surface area contributed by atoms with E-state index < -0.39 is 17.7 Å². The maximum Gasteiger partial charge on any atom is 0.132 e. The first-order valence-corrected chi connectivity index (χ1v) is 5.95. The van der Waals surface area contributed by atoms with Crippen LogP contribution >= 0.6 is 11.8 Å². The van der Waals surface area contributed by atoms with Gasteiger partial charge >= 0.3 is 0 Å². The molecule has 0 saturated carbocycles. The van der Waals surface area contributed by atoms with Gasteiger partial charge in [-0.15, -0.1) is 0 Å². The number of thioether (sulfide) groups is 1. The Morgan fingerprint density at radius 1 is 1.47 bits per heavy atom. The van der Waals surface area contributed by atoms with E-state index in [2.05, 4.69) is 0 Å². The molecule has 0 radical (unpaired) electrons. The van der Waals surface area contributed by atoms with Crippen LogP contribution in [0.25, 0.3) is 0 Å². The Kier molecular flexibility index (Phi) is 2.98. The second-order valence-electron chi connectivity index (χ2n) is 3.66. The number of hydrogen-bond donors (Lipinski definition) is 1. The van der Waals surface area contributed by atoms with Gasteiger partial charge in [0.2, 0.25) is 0 Å². The second-order valence-corrected chi connectivity index (χ2v) is 4.89. The standard InChI is InChI=1S/C11H12F2OS/c1-2-9-11(14)10-6(5-15-9)3-7(12)4-8(10)13/h3-4,9,11,14H,2,5H2,1H3. The average molecular weight is 230 g/mol. The van der Waals surface area contributed by atoms with E-state index in [4.69, 9.17) is 0 Å². The van der Waals surface area contributed by atoms with Gasteiger partial charge in [0.15, 0.2) is 0 Å². The molecule has 1 aromatic carbocycles. The zero-order chi connectivity index (χ0) is 11.0. The van der Waals surface area contributed by atoms with Gasteiger partial charge in [-0.25, -0.2) is 8.78 Å². The molecule has 0 aromatic heterocycles. The second kappa shape index (κ2) is 4.10. The highest BCUT2D eigenvalue weighted by Crippen LogP contribution is 2.40. The van der Waals surface area contributed by atoms with E-state index in [9.17, 15) is 13.9 Å². The predicted octanol–water partition coefficient (Wildman–Crippen LogP) is 3.02. The summed E-state index contributed by atoms with van der Waals surface area (Å²) < 4.78 is 26.4. The van der Waals surface area contributed by atoms with Gasteiger partial charge in [-0.2, -0.15) is 11.8 Å². The number of halogens is 2. The molecule has 1 aliphatic rings. The Morgan fingerprint density at radius 2 is 2.20 bits per heavy atom.